The highest BCUT2D eigenvalue weighted by atomic mass is 16.4. The highest BCUT2D eigenvalue weighted by molar-refractivity contribution is 6.01. The van der Waals surface area contributed by atoms with Gasteiger partial charge in [-0.15, -0.1) is 0 Å². The second-order valence-electron chi connectivity index (χ2n) is 3.03. The zero-order valence-electron chi connectivity index (χ0n) is 8.54. The van der Waals surface area contributed by atoms with Crippen molar-refractivity contribution in [3.05, 3.63) is 11.1 Å². The fraction of sp³-hybridized carbons (Fsp3) is 0.333. The average molecular weight is 246 g/mol. The van der Waals surface area contributed by atoms with E-state index in [1.807, 2.05) is 0 Å². The van der Waals surface area contributed by atoms with E-state index in [9.17, 15) is 19.2 Å². The van der Waals surface area contributed by atoms with E-state index in [0.717, 1.165) is 0 Å². The molecule has 0 rings (SSSR count). The predicted molar refractivity (Wildman–Crippen MR) is 51.4 cm³/mol. The van der Waals surface area contributed by atoms with Gasteiger partial charge in [-0.3, -0.25) is 9.59 Å². The fourth-order valence-electron chi connectivity index (χ4n) is 1.08. The number of rotatable bonds is 7. The van der Waals surface area contributed by atoms with E-state index in [4.69, 9.17) is 20.4 Å². The summed E-state index contributed by atoms with van der Waals surface area (Å²) >= 11 is 0. The molecule has 0 aromatic heterocycles. The Balaban J connectivity index is 5.26. The van der Waals surface area contributed by atoms with Gasteiger partial charge in [-0.2, -0.15) is 0 Å². The highest BCUT2D eigenvalue weighted by Crippen LogP contribution is 2.15. The molecule has 0 aliphatic heterocycles. The molecule has 0 aromatic carbocycles. The van der Waals surface area contributed by atoms with E-state index in [0.29, 0.717) is 0 Å². The maximum absolute atomic E-state index is 10.7. The van der Waals surface area contributed by atoms with Crippen LogP contribution in [0.15, 0.2) is 11.1 Å². The van der Waals surface area contributed by atoms with Gasteiger partial charge in [0, 0.05) is 12.0 Å². The van der Waals surface area contributed by atoms with Crippen molar-refractivity contribution in [2.24, 2.45) is 0 Å². The van der Waals surface area contributed by atoms with Crippen LogP contribution < -0.4 is 0 Å². The molecular formula is C9H10O8. The largest absolute Gasteiger partial charge is 0.481 e. The molecule has 0 radical (unpaired) electrons. The van der Waals surface area contributed by atoms with Gasteiger partial charge < -0.3 is 20.4 Å². The van der Waals surface area contributed by atoms with Gasteiger partial charge in [0.1, 0.15) is 0 Å². The summed E-state index contributed by atoms with van der Waals surface area (Å²) in [7, 11) is 0. The molecule has 8 nitrogen and oxygen atoms in total. The first-order valence-electron chi connectivity index (χ1n) is 4.38. The lowest BCUT2D eigenvalue weighted by Crippen LogP contribution is -2.15. The summed E-state index contributed by atoms with van der Waals surface area (Å²) < 4.78 is 0. The Bertz CT molecular complexity index is 392. The molecule has 0 atom stereocenters. The van der Waals surface area contributed by atoms with Crippen molar-refractivity contribution in [1.29, 1.82) is 0 Å². The molecule has 0 fully saturated rings. The standard InChI is InChI=1S/C9H10O8/c10-6(11)2-1-4(8(14)15)5(9(16)17)3-7(12)13/h1-3H2,(H,10,11)(H,12,13)(H,14,15)(H,16,17). The summed E-state index contributed by atoms with van der Waals surface area (Å²) in [5.74, 6) is -6.12. The topological polar surface area (TPSA) is 149 Å². The molecule has 17 heavy (non-hydrogen) atoms. The van der Waals surface area contributed by atoms with E-state index >= 15 is 0 Å². The van der Waals surface area contributed by atoms with Crippen LogP contribution in [0.2, 0.25) is 0 Å². The Morgan fingerprint density at radius 3 is 1.41 bits per heavy atom. The summed E-state index contributed by atoms with van der Waals surface area (Å²) in [5.41, 5.74) is -1.52. The highest BCUT2D eigenvalue weighted by Gasteiger charge is 2.22. The van der Waals surface area contributed by atoms with Crippen LogP contribution in [0.1, 0.15) is 19.3 Å². The maximum Gasteiger partial charge on any atom is 0.332 e. The second kappa shape index (κ2) is 6.26. The Hall–Kier alpha value is -2.38. The van der Waals surface area contributed by atoms with Crippen LogP contribution in [-0.4, -0.2) is 44.3 Å². The lowest BCUT2D eigenvalue weighted by atomic mass is 10.0. The molecule has 8 heteroatoms. The lowest BCUT2D eigenvalue weighted by Gasteiger charge is -2.05. The van der Waals surface area contributed by atoms with Crippen molar-refractivity contribution in [2.45, 2.75) is 19.3 Å². The summed E-state index contributed by atoms with van der Waals surface area (Å²) in [5, 5.41) is 34.2. The van der Waals surface area contributed by atoms with E-state index in [1.54, 1.807) is 0 Å². The van der Waals surface area contributed by atoms with Crippen molar-refractivity contribution in [3.8, 4) is 0 Å². The number of carbonyl (C=O) groups is 4. The van der Waals surface area contributed by atoms with Gasteiger partial charge in [0.25, 0.3) is 0 Å². The van der Waals surface area contributed by atoms with Gasteiger partial charge in [-0.1, -0.05) is 0 Å². The van der Waals surface area contributed by atoms with Crippen molar-refractivity contribution in [2.75, 3.05) is 0 Å². The molecule has 0 aliphatic carbocycles. The predicted octanol–water partition coefficient (Wildman–Crippen LogP) is -0.208. The maximum atomic E-state index is 10.7. The Morgan fingerprint density at radius 2 is 1.12 bits per heavy atom. The van der Waals surface area contributed by atoms with Gasteiger partial charge >= 0.3 is 23.9 Å². The fourth-order valence-corrected chi connectivity index (χ4v) is 1.08. The molecule has 0 aromatic rings. The number of hydrogen-bond acceptors (Lipinski definition) is 4. The first-order valence-corrected chi connectivity index (χ1v) is 4.38. The zero-order chi connectivity index (χ0) is 13.6. The number of aliphatic carboxylic acids is 4. The number of hydrogen-bond donors (Lipinski definition) is 4. The van der Waals surface area contributed by atoms with Gasteiger partial charge in [0.15, 0.2) is 0 Å². The Labute approximate surface area is 94.8 Å². The molecule has 0 bridgehead atoms. The Kier molecular flexibility index (Phi) is 5.38. The van der Waals surface area contributed by atoms with Gasteiger partial charge in [0.2, 0.25) is 0 Å². The van der Waals surface area contributed by atoms with Crippen LogP contribution >= 0.6 is 0 Å². The first kappa shape index (κ1) is 14.6. The summed E-state index contributed by atoms with van der Waals surface area (Å²) in [6.07, 6.45) is -2.10. The zero-order valence-corrected chi connectivity index (χ0v) is 8.54. The molecule has 0 heterocycles. The molecule has 0 aliphatic rings. The summed E-state index contributed by atoms with van der Waals surface area (Å²) in [6, 6.07) is 0. The van der Waals surface area contributed by atoms with Gasteiger partial charge in [-0.05, 0) is 6.42 Å². The van der Waals surface area contributed by atoms with E-state index in [-0.39, 0.29) is 0 Å². The average Bonchev–Trinajstić information content (AvgIpc) is 2.14. The molecule has 0 saturated heterocycles. The van der Waals surface area contributed by atoms with Crippen LogP contribution in [0.5, 0.6) is 0 Å². The van der Waals surface area contributed by atoms with Crippen molar-refractivity contribution < 1.29 is 39.6 Å². The van der Waals surface area contributed by atoms with E-state index < -0.39 is 54.3 Å². The van der Waals surface area contributed by atoms with Crippen LogP contribution in [0.3, 0.4) is 0 Å². The van der Waals surface area contributed by atoms with Crippen molar-refractivity contribution in [1.82, 2.24) is 0 Å². The molecule has 0 saturated carbocycles. The molecule has 4 N–H and O–H groups in total. The quantitative estimate of drug-likeness (QED) is 0.451. The molecule has 0 spiro atoms. The molecule has 94 valence electrons. The van der Waals surface area contributed by atoms with Gasteiger partial charge in [-0.25, -0.2) is 9.59 Å². The third kappa shape index (κ3) is 5.30. The second-order valence-corrected chi connectivity index (χ2v) is 3.03. The van der Waals surface area contributed by atoms with E-state index in [1.165, 1.54) is 0 Å². The van der Waals surface area contributed by atoms with Crippen molar-refractivity contribution >= 4 is 23.9 Å². The number of carboxylic acids is 4. The summed E-state index contributed by atoms with van der Waals surface area (Å²) in [6.45, 7) is 0. The van der Waals surface area contributed by atoms with Gasteiger partial charge in [0.05, 0.1) is 12.0 Å². The first-order chi connectivity index (χ1) is 7.75. The third-order valence-electron chi connectivity index (χ3n) is 1.80. The van der Waals surface area contributed by atoms with E-state index in [2.05, 4.69) is 0 Å². The molecule has 0 amide bonds. The summed E-state index contributed by atoms with van der Waals surface area (Å²) in [4.78, 5) is 42.1. The van der Waals surface area contributed by atoms with Crippen LogP contribution in [0.25, 0.3) is 0 Å². The van der Waals surface area contributed by atoms with Crippen LogP contribution in [0.4, 0.5) is 0 Å². The Morgan fingerprint density at radius 1 is 0.647 bits per heavy atom. The smallest absolute Gasteiger partial charge is 0.332 e. The number of carboxylic acid groups (broad SMARTS) is 4. The monoisotopic (exact) mass is 246 g/mol. The van der Waals surface area contributed by atoms with Crippen LogP contribution in [-0.2, 0) is 19.2 Å². The minimum Gasteiger partial charge on any atom is -0.481 e. The van der Waals surface area contributed by atoms with Crippen molar-refractivity contribution in [3.63, 3.8) is 0 Å². The SMILES string of the molecule is O=C(O)CCC(C(=O)O)=C(CC(=O)O)C(=O)O. The third-order valence-corrected chi connectivity index (χ3v) is 1.80. The lowest BCUT2D eigenvalue weighted by molar-refractivity contribution is -0.140. The minimum atomic E-state index is -1.69. The normalized spacial score (nSPS) is 11.5. The molecule has 0 unspecified atom stereocenters. The minimum absolute atomic E-state index is 0.542. The molecular weight excluding hydrogens is 236 g/mol. The van der Waals surface area contributed by atoms with Crippen LogP contribution in [0, 0.1) is 0 Å².